The van der Waals surface area contributed by atoms with Crippen molar-refractivity contribution < 1.29 is 0 Å². The molecule has 2 aromatic carbocycles. The third-order valence-corrected chi connectivity index (χ3v) is 4.98. The molecule has 0 spiro atoms. The Hall–Kier alpha value is -3.42. The fourth-order valence-electron chi connectivity index (χ4n) is 2.87. The lowest BCUT2D eigenvalue weighted by Crippen LogP contribution is -2.25. The van der Waals surface area contributed by atoms with E-state index in [1.54, 1.807) is 10.6 Å². The maximum Gasteiger partial charge on any atom is 0.0962 e. The van der Waals surface area contributed by atoms with E-state index in [0.717, 1.165) is 21.4 Å². The Labute approximate surface area is 165 Å². The lowest BCUT2D eigenvalue weighted by atomic mass is 9.95. The van der Waals surface area contributed by atoms with Gasteiger partial charge in [0.1, 0.15) is 0 Å². The molecule has 10 heteroatoms. The first-order chi connectivity index (χ1) is 13.7. The number of aromatic nitrogens is 1. The van der Waals surface area contributed by atoms with E-state index in [1.807, 2.05) is 54.6 Å². The summed E-state index contributed by atoms with van der Waals surface area (Å²) in [5.74, 6) is 6.11. The van der Waals surface area contributed by atoms with Gasteiger partial charge in [0.25, 0.3) is 0 Å². The number of hydrogen-bond donors (Lipinski definition) is 1. The molecule has 0 fully saturated rings. The summed E-state index contributed by atoms with van der Waals surface area (Å²) in [5, 5.41) is 8.28. The van der Waals surface area contributed by atoms with E-state index >= 15 is 0 Å². The lowest BCUT2D eigenvalue weighted by molar-refractivity contribution is 0.703. The summed E-state index contributed by atoms with van der Waals surface area (Å²) in [6, 6.07) is 17.4. The summed E-state index contributed by atoms with van der Waals surface area (Å²) >= 11 is 1.36. The average molecular weight is 391 g/mol. The molecule has 1 heterocycles. The van der Waals surface area contributed by atoms with E-state index in [2.05, 4.69) is 25.0 Å². The Bertz CT molecular complexity index is 1020. The molecular weight excluding hydrogens is 374 g/mol. The minimum Gasteiger partial charge on any atom is -0.254 e. The van der Waals surface area contributed by atoms with Gasteiger partial charge in [0.05, 0.1) is 11.2 Å². The van der Waals surface area contributed by atoms with Crippen molar-refractivity contribution >= 4 is 28.5 Å². The third-order valence-electron chi connectivity index (χ3n) is 4.12. The highest BCUT2D eigenvalue weighted by molar-refractivity contribution is 8.00. The zero-order valence-corrected chi connectivity index (χ0v) is 15.6. The van der Waals surface area contributed by atoms with E-state index in [0.29, 0.717) is 5.69 Å². The van der Waals surface area contributed by atoms with Crippen molar-refractivity contribution in [2.45, 2.75) is 10.8 Å². The molecule has 0 bridgehead atoms. The molecule has 0 radical (unpaired) electrons. The number of fused-ring (bicyclic) bond motifs is 1. The van der Waals surface area contributed by atoms with Crippen LogP contribution in [0.1, 0.15) is 11.5 Å². The zero-order valence-electron chi connectivity index (χ0n) is 14.8. The average Bonchev–Trinajstić information content (AvgIpc) is 2.74. The summed E-state index contributed by atoms with van der Waals surface area (Å²) in [6.07, 6.45) is 1.70. The smallest absolute Gasteiger partial charge is 0.0962 e. The van der Waals surface area contributed by atoms with Crippen molar-refractivity contribution in [1.29, 1.82) is 0 Å². The molecule has 3 rings (SSSR count). The van der Waals surface area contributed by atoms with Gasteiger partial charge < -0.3 is 0 Å². The molecule has 0 saturated heterocycles. The largest absolute Gasteiger partial charge is 0.254 e. The van der Waals surface area contributed by atoms with Crippen molar-refractivity contribution in [1.82, 2.24) is 4.98 Å². The van der Waals surface area contributed by atoms with Crippen LogP contribution < -0.4 is 10.3 Å². The van der Waals surface area contributed by atoms with Crippen LogP contribution >= 0.6 is 11.9 Å². The Morgan fingerprint density at radius 2 is 1.71 bits per heavy atom. The molecule has 9 nitrogen and oxygen atoms in total. The fraction of sp³-hybridized carbons (Fsp3) is 0.167. The molecule has 3 aromatic rings. The summed E-state index contributed by atoms with van der Waals surface area (Å²) in [4.78, 5) is 11.1. The number of nitrogens with two attached hydrogens (primary N) is 1. The molecule has 2 N–H and O–H groups in total. The molecule has 0 aliphatic carbocycles. The van der Waals surface area contributed by atoms with Gasteiger partial charge in [-0.15, -0.1) is 0 Å². The maximum absolute atomic E-state index is 8.74. The molecule has 0 unspecified atom stereocenters. The number of azide groups is 2. The quantitative estimate of drug-likeness (QED) is 0.138. The second-order valence-corrected chi connectivity index (χ2v) is 6.88. The molecule has 140 valence electrons. The highest BCUT2D eigenvalue weighted by Crippen LogP contribution is 2.37. The minimum atomic E-state index is -0.323. The first-order valence-electron chi connectivity index (χ1n) is 8.41. The number of rotatable bonds is 8. The van der Waals surface area contributed by atoms with E-state index in [-0.39, 0.29) is 19.0 Å². The first-order valence-corrected chi connectivity index (χ1v) is 9.19. The van der Waals surface area contributed by atoms with E-state index < -0.39 is 0 Å². The van der Waals surface area contributed by atoms with Crippen LogP contribution in [0.3, 0.4) is 0 Å². The van der Waals surface area contributed by atoms with Crippen LogP contribution in [0, 0.1) is 0 Å². The summed E-state index contributed by atoms with van der Waals surface area (Å²) in [6.45, 7) is 0.287. The SMILES string of the molecule is [N-]=[N+]=NCC(CN=[N+]=[N-])c1ccc2cccnc2c1N(N)Sc1ccccc1. The van der Waals surface area contributed by atoms with Crippen molar-refractivity contribution in [3.8, 4) is 0 Å². The number of pyridine rings is 1. The number of hydrazine groups is 1. The van der Waals surface area contributed by atoms with Gasteiger partial charge in [-0.05, 0) is 40.7 Å². The Morgan fingerprint density at radius 3 is 2.39 bits per heavy atom. The van der Waals surface area contributed by atoms with Crippen molar-refractivity contribution in [2.24, 2.45) is 16.1 Å². The highest BCUT2D eigenvalue weighted by Gasteiger charge is 2.21. The van der Waals surface area contributed by atoms with Crippen LogP contribution in [0.5, 0.6) is 0 Å². The van der Waals surface area contributed by atoms with Crippen LogP contribution in [0.4, 0.5) is 5.69 Å². The van der Waals surface area contributed by atoms with Crippen LogP contribution in [0.25, 0.3) is 31.8 Å². The number of benzene rings is 2. The van der Waals surface area contributed by atoms with E-state index in [1.165, 1.54) is 11.9 Å². The van der Waals surface area contributed by atoms with E-state index in [9.17, 15) is 0 Å². The Morgan fingerprint density at radius 1 is 1.00 bits per heavy atom. The van der Waals surface area contributed by atoms with Crippen molar-refractivity contribution in [2.75, 3.05) is 17.5 Å². The van der Waals surface area contributed by atoms with Crippen molar-refractivity contribution in [3.63, 3.8) is 0 Å². The summed E-state index contributed by atoms with van der Waals surface area (Å²) in [5.41, 5.74) is 19.7. The number of anilines is 1. The molecule has 0 saturated carbocycles. The first kappa shape index (κ1) is 19.3. The van der Waals surface area contributed by atoms with Crippen LogP contribution in [-0.2, 0) is 0 Å². The number of nitrogens with zero attached hydrogens (tertiary/aromatic N) is 8. The standard InChI is InChI=1S/C18H17N9S/c19-25-23-11-14(12-24-26-20)16-9-8-13-5-4-10-22-17(13)18(16)27(21)28-15-6-2-1-3-7-15/h1-10,14H,11-12,21H2. The number of hydrogen-bond acceptors (Lipinski definition) is 6. The van der Waals surface area contributed by atoms with Gasteiger partial charge in [-0.3, -0.25) is 4.98 Å². The molecule has 0 amide bonds. The molecule has 28 heavy (non-hydrogen) atoms. The topological polar surface area (TPSA) is 140 Å². The molecule has 0 aliphatic heterocycles. The van der Waals surface area contributed by atoms with Crippen molar-refractivity contribution in [3.05, 3.63) is 87.2 Å². The van der Waals surface area contributed by atoms with E-state index in [4.69, 9.17) is 16.9 Å². The van der Waals surface area contributed by atoms with Gasteiger partial charge in [0, 0.05) is 51.3 Å². The summed E-state index contributed by atoms with van der Waals surface area (Å²) < 4.78 is 1.55. The van der Waals surface area contributed by atoms with Gasteiger partial charge in [0.15, 0.2) is 0 Å². The van der Waals surface area contributed by atoms with Crippen LogP contribution in [-0.4, -0.2) is 18.1 Å². The minimum absolute atomic E-state index is 0.144. The molecular formula is C18H17N9S. The fourth-order valence-corrected chi connectivity index (χ4v) is 3.66. The molecule has 1 aromatic heterocycles. The van der Waals surface area contributed by atoms with Gasteiger partial charge in [-0.25, -0.2) is 10.3 Å². The van der Waals surface area contributed by atoms with Gasteiger partial charge in [0.2, 0.25) is 0 Å². The maximum atomic E-state index is 8.74. The predicted molar refractivity (Wildman–Crippen MR) is 111 cm³/mol. The normalized spacial score (nSPS) is 11.3. The summed E-state index contributed by atoms with van der Waals surface area (Å²) in [7, 11) is 0. The van der Waals surface area contributed by atoms with Gasteiger partial charge in [-0.1, -0.05) is 46.6 Å². The monoisotopic (exact) mass is 391 g/mol. The predicted octanol–water partition coefficient (Wildman–Crippen LogP) is 5.33. The second kappa shape index (κ2) is 9.50. The second-order valence-electron chi connectivity index (χ2n) is 5.83. The molecule has 0 aliphatic rings. The van der Waals surface area contributed by atoms with Crippen LogP contribution in [0.2, 0.25) is 0 Å². The van der Waals surface area contributed by atoms with Gasteiger partial charge in [-0.2, -0.15) is 0 Å². The lowest BCUT2D eigenvalue weighted by Gasteiger charge is -2.25. The molecule has 0 atom stereocenters. The zero-order chi connectivity index (χ0) is 19.8. The van der Waals surface area contributed by atoms with Gasteiger partial charge >= 0.3 is 0 Å². The van der Waals surface area contributed by atoms with Crippen LogP contribution in [0.15, 0.2) is 75.9 Å². The highest BCUT2D eigenvalue weighted by atomic mass is 32.2. The Balaban J connectivity index is 2.11. The third kappa shape index (κ3) is 4.46. The Kier molecular flexibility index (Phi) is 6.56.